The lowest BCUT2D eigenvalue weighted by Gasteiger charge is -2.19. The highest BCUT2D eigenvalue weighted by Crippen LogP contribution is 2.35. The summed E-state index contributed by atoms with van der Waals surface area (Å²) in [7, 11) is -4.61. The van der Waals surface area contributed by atoms with Crippen molar-refractivity contribution >= 4 is 36.7 Å². The van der Waals surface area contributed by atoms with Gasteiger partial charge in [-0.3, -0.25) is 9.32 Å². The Balaban J connectivity index is 2.08. The number of carbonyl (C=O) groups excluding carboxylic acids is 1. The molecule has 0 bridgehead atoms. The maximum absolute atomic E-state index is 12.2. The van der Waals surface area contributed by atoms with E-state index in [0.29, 0.717) is 16.3 Å². The number of rotatable bonds is 7. The quantitative estimate of drug-likeness (QED) is 0.647. The molecule has 0 saturated carbocycles. The molecule has 1 aromatic heterocycles. The lowest BCUT2D eigenvalue weighted by Crippen LogP contribution is -2.39. The summed E-state index contributed by atoms with van der Waals surface area (Å²) < 4.78 is 15.4. The second kappa shape index (κ2) is 8.06. The number of amides is 1. The number of hydrogen-bond acceptors (Lipinski definition) is 4. The van der Waals surface area contributed by atoms with Gasteiger partial charge in [-0.1, -0.05) is 41.9 Å². The van der Waals surface area contributed by atoms with Gasteiger partial charge in [-0.15, -0.1) is 11.3 Å². The number of nitrogens with one attached hydrogen (secondary N) is 1. The SMILES string of the molecule is O=C(N[C@@H](COP(=O)(O)O)Cc1ccccc1)c1sccc1Cl. The van der Waals surface area contributed by atoms with E-state index < -0.39 is 19.8 Å². The van der Waals surface area contributed by atoms with Gasteiger partial charge in [0.15, 0.2) is 0 Å². The molecule has 2 rings (SSSR count). The van der Waals surface area contributed by atoms with Crippen LogP contribution >= 0.6 is 30.8 Å². The van der Waals surface area contributed by atoms with Crippen molar-refractivity contribution in [2.45, 2.75) is 12.5 Å². The first-order chi connectivity index (χ1) is 10.8. The summed E-state index contributed by atoms with van der Waals surface area (Å²) in [5.41, 5.74) is 0.907. The van der Waals surface area contributed by atoms with Gasteiger partial charge in [0.25, 0.3) is 5.91 Å². The zero-order chi connectivity index (χ0) is 16.9. The molecule has 3 N–H and O–H groups in total. The van der Waals surface area contributed by atoms with Crippen molar-refractivity contribution in [1.29, 1.82) is 0 Å². The van der Waals surface area contributed by atoms with Crippen molar-refractivity contribution in [3.63, 3.8) is 0 Å². The summed E-state index contributed by atoms with van der Waals surface area (Å²) in [6.07, 6.45) is 0.371. The second-order valence-corrected chi connectivity index (χ2v) is 7.31. The second-order valence-electron chi connectivity index (χ2n) is 4.74. The lowest BCUT2D eigenvalue weighted by molar-refractivity contribution is 0.0913. The van der Waals surface area contributed by atoms with Crippen LogP contribution in [0.3, 0.4) is 0 Å². The monoisotopic (exact) mass is 375 g/mol. The standard InChI is InChI=1S/C14H15ClNO5PS/c15-12-6-7-23-13(12)14(17)16-11(9-21-22(18,19)20)8-10-4-2-1-3-5-10/h1-7,11H,8-9H2,(H,16,17)(H2,18,19,20)/t11-/m1/s1. The van der Waals surface area contributed by atoms with Gasteiger partial charge in [0.2, 0.25) is 0 Å². The van der Waals surface area contributed by atoms with E-state index in [1.54, 1.807) is 11.4 Å². The molecule has 0 spiro atoms. The molecule has 1 atom stereocenters. The lowest BCUT2D eigenvalue weighted by atomic mass is 10.1. The Bertz CT molecular complexity index is 702. The van der Waals surface area contributed by atoms with Crippen LogP contribution in [0.4, 0.5) is 0 Å². The molecule has 124 valence electrons. The van der Waals surface area contributed by atoms with Crippen LogP contribution in [0.15, 0.2) is 41.8 Å². The summed E-state index contributed by atoms with van der Waals surface area (Å²) in [5.74, 6) is -0.403. The summed E-state index contributed by atoms with van der Waals surface area (Å²) in [6.45, 7) is -0.312. The van der Waals surface area contributed by atoms with Crippen LogP contribution in [0.1, 0.15) is 15.2 Å². The molecule has 2 aromatic rings. The number of carbonyl (C=O) groups is 1. The first-order valence-corrected chi connectivity index (χ1v) is 9.42. The molecule has 0 aliphatic rings. The van der Waals surface area contributed by atoms with Gasteiger partial charge in [-0.05, 0) is 23.4 Å². The number of halogens is 1. The summed E-state index contributed by atoms with van der Waals surface area (Å²) in [6, 6.07) is 10.3. The van der Waals surface area contributed by atoms with Gasteiger partial charge < -0.3 is 15.1 Å². The van der Waals surface area contributed by atoms with E-state index in [9.17, 15) is 9.36 Å². The molecular weight excluding hydrogens is 361 g/mol. The number of phosphoric ester groups is 1. The van der Waals surface area contributed by atoms with Crippen molar-refractivity contribution in [2.24, 2.45) is 0 Å². The fourth-order valence-corrected chi connectivity index (χ4v) is 3.36. The average molecular weight is 376 g/mol. The number of phosphoric acid groups is 1. The first kappa shape index (κ1) is 18.1. The van der Waals surface area contributed by atoms with Gasteiger partial charge >= 0.3 is 7.82 Å². The third kappa shape index (κ3) is 6.06. The predicted octanol–water partition coefficient (Wildman–Crippen LogP) is 2.85. The minimum atomic E-state index is -4.61. The molecule has 1 heterocycles. The fraction of sp³-hybridized carbons (Fsp3) is 0.214. The largest absolute Gasteiger partial charge is 0.469 e. The topological polar surface area (TPSA) is 95.9 Å². The van der Waals surface area contributed by atoms with Crippen molar-refractivity contribution in [2.75, 3.05) is 6.61 Å². The van der Waals surface area contributed by atoms with Gasteiger partial charge in [0.05, 0.1) is 17.7 Å². The van der Waals surface area contributed by atoms with Crippen LogP contribution in [0, 0.1) is 0 Å². The van der Waals surface area contributed by atoms with E-state index >= 15 is 0 Å². The Labute approximate surface area is 142 Å². The Morgan fingerprint density at radius 3 is 2.57 bits per heavy atom. The minimum Gasteiger partial charge on any atom is -0.346 e. The third-order valence-electron chi connectivity index (χ3n) is 2.93. The van der Waals surface area contributed by atoms with Crippen molar-refractivity contribution in [1.82, 2.24) is 5.32 Å². The molecule has 23 heavy (non-hydrogen) atoms. The minimum absolute atomic E-state index is 0.312. The van der Waals surface area contributed by atoms with Gasteiger partial charge in [-0.2, -0.15) is 0 Å². The van der Waals surface area contributed by atoms with Crippen LogP contribution in [-0.4, -0.2) is 28.3 Å². The van der Waals surface area contributed by atoms with Crippen molar-refractivity contribution in [3.05, 3.63) is 57.2 Å². The van der Waals surface area contributed by atoms with Crippen LogP contribution in [0.25, 0.3) is 0 Å². The van der Waals surface area contributed by atoms with Crippen LogP contribution in [0.2, 0.25) is 5.02 Å². The zero-order valence-corrected chi connectivity index (χ0v) is 14.4. The maximum atomic E-state index is 12.2. The third-order valence-corrected chi connectivity index (χ3v) is 4.75. The smallest absolute Gasteiger partial charge is 0.346 e. The molecule has 0 aliphatic heterocycles. The summed E-state index contributed by atoms with van der Waals surface area (Å²) >= 11 is 7.11. The van der Waals surface area contributed by atoms with E-state index in [2.05, 4.69) is 9.84 Å². The fourth-order valence-electron chi connectivity index (χ4n) is 1.94. The number of thiophene rings is 1. The molecule has 1 aromatic carbocycles. The number of hydrogen-bond donors (Lipinski definition) is 3. The Hall–Kier alpha value is -1.21. The van der Waals surface area contributed by atoms with Gasteiger partial charge in [0, 0.05) is 0 Å². The van der Waals surface area contributed by atoms with E-state index in [1.165, 1.54) is 11.3 Å². The molecule has 0 saturated heterocycles. The van der Waals surface area contributed by atoms with Gasteiger partial charge in [-0.25, -0.2) is 4.57 Å². The molecular formula is C14H15ClNO5PS. The molecule has 9 heteroatoms. The Kier molecular flexibility index (Phi) is 6.35. The van der Waals surface area contributed by atoms with Crippen molar-refractivity contribution in [3.8, 4) is 0 Å². The number of benzene rings is 1. The molecule has 0 fully saturated rings. The van der Waals surface area contributed by atoms with Crippen LogP contribution < -0.4 is 5.32 Å². The van der Waals surface area contributed by atoms with Crippen LogP contribution in [-0.2, 0) is 15.5 Å². The predicted molar refractivity (Wildman–Crippen MR) is 88.7 cm³/mol. The molecule has 1 amide bonds. The Morgan fingerprint density at radius 1 is 1.30 bits per heavy atom. The maximum Gasteiger partial charge on any atom is 0.469 e. The molecule has 0 unspecified atom stereocenters. The molecule has 6 nitrogen and oxygen atoms in total. The van der Waals surface area contributed by atoms with Crippen molar-refractivity contribution < 1.29 is 23.7 Å². The van der Waals surface area contributed by atoms with E-state index in [-0.39, 0.29) is 6.61 Å². The zero-order valence-electron chi connectivity index (χ0n) is 11.9. The summed E-state index contributed by atoms with van der Waals surface area (Å²) in [5, 5.41) is 4.73. The first-order valence-electron chi connectivity index (χ1n) is 6.63. The Morgan fingerprint density at radius 2 is 2.00 bits per heavy atom. The molecule has 0 radical (unpaired) electrons. The normalized spacial score (nSPS) is 12.8. The highest BCUT2D eigenvalue weighted by atomic mass is 35.5. The average Bonchev–Trinajstić information content (AvgIpc) is 2.91. The highest BCUT2D eigenvalue weighted by Gasteiger charge is 2.22. The van der Waals surface area contributed by atoms with E-state index in [4.69, 9.17) is 21.4 Å². The van der Waals surface area contributed by atoms with Crippen LogP contribution in [0.5, 0.6) is 0 Å². The van der Waals surface area contributed by atoms with E-state index in [1.807, 2.05) is 30.3 Å². The highest BCUT2D eigenvalue weighted by molar-refractivity contribution is 7.46. The van der Waals surface area contributed by atoms with Gasteiger partial charge in [0.1, 0.15) is 4.88 Å². The summed E-state index contributed by atoms with van der Waals surface area (Å²) in [4.78, 5) is 30.3. The molecule has 0 aliphatic carbocycles. The van der Waals surface area contributed by atoms with E-state index in [0.717, 1.165) is 5.56 Å².